The molecule has 8 nitrogen and oxygen atoms in total. The molecule has 0 bridgehead atoms. The molecule has 208 valence electrons. The predicted octanol–water partition coefficient (Wildman–Crippen LogP) is 4.80. The molecule has 15 heteroatoms. The number of hydrogen-bond acceptors (Lipinski definition) is 7. The minimum atomic E-state index is -5.08. The van der Waals surface area contributed by atoms with Gasteiger partial charge in [0.1, 0.15) is 16.5 Å². The average Bonchev–Trinajstić information content (AvgIpc) is 3.53. The summed E-state index contributed by atoms with van der Waals surface area (Å²) in [6.07, 6.45) is -4.26. The van der Waals surface area contributed by atoms with E-state index in [1.807, 2.05) is 13.1 Å². The van der Waals surface area contributed by atoms with Gasteiger partial charge in [0.05, 0.1) is 13.1 Å². The number of carboxylic acids is 2. The van der Waals surface area contributed by atoms with Gasteiger partial charge in [0.25, 0.3) is 0 Å². The zero-order valence-electron chi connectivity index (χ0n) is 19.8. The van der Waals surface area contributed by atoms with E-state index in [0.717, 1.165) is 24.6 Å². The third kappa shape index (κ3) is 10.3. The van der Waals surface area contributed by atoms with Crippen LogP contribution in [0.25, 0.3) is 0 Å². The molecule has 0 radical (unpaired) electrons. The van der Waals surface area contributed by atoms with Gasteiger partial charge in [0.2, 0.25) is 0 Å². The Kier molecular flexibility index (Phi) is 10.5. The summed E-state index contributed by atoms with van der Waals surface area (Å²) >= 11 is 1.77. The molecule has 37 heavy (non-hydrogen) atoms. The fraction of sp³-hybridized carbons (Fsp3) is 0.591. The number of furan rings is 1. The topological polar surface area (TPSA) is 107 Å². The molecule has 2 fully saturated rings. The maximum absolute atomic E-state index is 10.6. The number of likely N-dealkylation sites (tertiary alicyclic amines) is 2. The SMILES string of the molecule is Cc1ccc(CN2CCC3(CCN(Cc4nccs4)CC3)C2)o1.O=C(O)C(F)(F)F.O=C(O)C(F)(F)F. The Morgan fingerprint density at radius 2 is 1.49 bits per heavy atom. The van der Waals surface area contributed by atoms with Gasteiger partial charge in [-0.25, -0.2) is 14.6 Å². The van der Waals surface area contributed by atoms with E-state index in [4.69, 9.17) is 24.2 Å². The van der Waals surface area contributed by atoms with Gasteiger partial charge >= 0.3 is 24.3 Å². The first-order valence-electron chi connectivity index (χ1n) is 11.1. The van der Waals surface area contributed by atoms with Crippen molar-refractivity contribution >= 4 is 23.3 Å². The molecule has 2 aliphatic heterocycles. The van der Waals surface area contributed by atoms with Crippen LogP contribution < -0.4 is 0 Å². The maximum atomic E-state index is 10.6. The lowest BCUT2D eigenvalue weighted by atomic mass is 9.78. The molecule has 2 aliphatic rings. The van der Waals surface area contributed by atoms with E-state index < -0.39 is 24.3 Å². The Hall–Kier alpha value is -2.65. The van der Waals surface area contributed by atoms with Crippen LogP contribution in [-0.4, -0.2) is 75.5 Å². The van der Waals surface area contributed by atoms with Gasteiger partial charge in [0, 0.05) is 18.1 Å². The normalized spacial score (nSPS) is 18.0. The number of hydrogen-bond donors (Lipinski definition) is 2. The quantitative estimate of drug-likeness (QED) is 0.515. The number of rotatable bonds is 4. The summed E-state index contributed by atoms with van der Waals surface area (Å²) in [7, 11) is 0. The summed E-state index contributed by atoms with van der Waals surface area (Å²) in [6, 6.07) is 4.19. The van der Waals surface area contributed by atoms with Crippen molar-refractivity contribution in [2.75, 3.05) is 26.2 Å². The summed E-state index contributed by atoms with van der Waals surface area (Å²) in [4.78, 5) is 27.4. The van der Waals surface area contributed by atoms with Crippen LogP contribution in [0.3, 0.4) is 0 Å². The van der Waals surface area contributed by atoms with Crippen molar-refractivity contribution in [3.05, 3.63) is 40.2 Å². The highest BCUT2D eigenvalue weighted by atomic mass is 32.1. The van der Waals surface area contributed by atoms with E-state index in [1.165, 1.54) is 50.4 Å². The molecule has 4 heterocycles. The van der Waals surface area contributed by atoms with E-state index in [0.29, 0.717) is 5.41 Å². The van der Waals surface area contributed by atoms with Gasteiger partial charge in [-0.05, 0) is 63.4 Å². The summed E-state index contributed by atoms with van der Waals surface area (Å²) < 4.78 is 69.2. The highest BCUT2D eigenvalue weighted by Gasteiger charge is 2.41. The number of aliphatic carboxylic acids is 2. The zero-order chi connectivity index (χ0) is 27.9. The summed E-state index contributed by atoms with van der Waals surface area (Å²) in [5, 5.41) is 17.6. The van der Waals surface area contributed by atoms with Crippen molar-refractivity contribution in [1.29, 1.82) is 0 Å². The van der Waals surface area contributed by atoms with Gasteiger partial charge in [-0.1, -0.05) is 0 Å². The van der Waals surface area contributed by atoms with Gasteiger partial charge in [-0.15, -0.1) is 11.3 Å². The van der Waals surface area contributed by atoms with Gasteiger partial charge in [-0.3, -0.25) is 9.80 Å². The van der Waals surface area contributed by atoms with Gasteiger partial charge in [0.15, 0.2) is 0 Å². The number of alkyl halides is 6. The summed E-state index contributed by atoms with van der Waals surface area (Å²) in [5.41, 5.74) is 0.543. The Balaban J connectivity index is 0.000000286. The van der Waals surface area contributed by atoms with E-state index >= 15 is 0 Å². The molecular formula is C22H27F6N3O5S. The lowest BCUT2D eigenvalue weighted by molar-refractivity contribution is -0.193. The number of thiazole rings is 1. The van der Waals surface area contributed by atoms with Crippen molar-refractivity contribution in [3.8, 4) is 0 Å². The second-order valence-electron chi connectivity index (χ2n) is 8.78. The molecule has 0 amide bonds. The van der Waals surface area contributed by atoms with Crippen LogP contribution in [-0.2, 0) is 22.7 Å². The van der Waals surface area contributed by atoms with E-state index in [-0.39, 0.29) is 0 Å². The van der Waals surface area contributed by atoms with Crippen LogP contribution in [0.5, 0.6) is 0 Å². The van der Waals surface area contributed by atoms with E-state index in [2.05, 4.69) is 32.3 Å². The highest BCUT2D eigenvalue weighted by molar-refractivity contribution is 7.09. The van der Waals surface area contributed by atoms with Crippen molar-refractivity contribution in [3.63, 3.8) is 0 Å². The number of aryl methyl sites for hydroxylation is 1. The first-order valence-corrected chi connectivity index (χ1v) is 12.0. The number of piperidine rings is 1. The predicted molar refractivity (Wildman–Crippen MR) is 120 cm³/mol. The molecule has 4 rings (SSSR count). The highest BCUT2D eigenvalue weighted by Crippen LogP contribution is 2.41. The molecular weight excluding hydrogens is 532 g/mol. The number of carboxylic acid groups (broad SMARTS) is 2. The standard InChI is InChI=1S/C18H25N3OS.2C2HF3O2/c1-15-2-3-16(22-15)12-21-10-6-18(14-21)4-8-20(9-5-18)13-17-19-7-11-23-17;2*3-2(4,5)1(6)7/h2-3,7,11H,4-6,8-10,12-14H2,1H3;2*(H,6,7). The number of carbonyl (C=O) groups is 2. The molecule has 2 saturated heterocycles. The largest absolute Gasteiger partial charge is 0.490 e. The monoisotopic (exact) mass is 559 g/mol. The Bertz CT molecular complexity index is 977. The van der Waals surface area contributed by atoms with Crippen LogP contribution in [0, 0.1) is 12.3 Å². The fourth-order valence-electron chi connectivity index (χ4n) is 4.07. The average molecular weight is 560 g/mol. The smallest absolute Gasteiger partial charge is 0.475 e. The Labute approximate surface area is 212 Å². The van der Waals surface area contributed by atoms with Crippen molar-refractivity contribution < 1.29 is 50.6 Å². The van der Waals surface area contributed by atoms with Gasteiger partial charge < -0.3 is 14.6 Å². The van der Waals surface area contributed by atoms with Crippen molar-refractivity contribution in [2.24, 2.45) is 5.41 Å². The molecule has 0 unspecified atom stereocenters. The minimum absolute atomic E-state index is 0.543. The molecule has 1 spiro atoms. The van der Waals surface area contributed by atoms with Crippen LogP contribution in [0.2, 0.25) is 0 Å². The molecule has 0 saturated carbocycles. The number of halogens is 6. The second-order valence-corrected chi connectivity index (χ2v) is 9.76. The lowest BCUT2D eigenvalue weighted by Gasteiger charge is -2.39. The molecule has 2 N–H and O–H groups in total. The van der Waals surface area contributed by atoms with Crippen LogP contribution >= 0.6 is 11.3 Å². The lowest BCUT2D eigenvalue weighted by Crippen LogP contribution is -2.41. The molecule has 2 aromatic heterocycles. The van der Waals surface area contributed by atoms with Gasteiger partial charge in [-0.2, -0.15) is 26.3 Å². The Morgan fingerprint density at radius 3 is 1.89 bits per heavy atom. The zero-order valence-corrected chi connectivity index (χ0v) is 20.6. The van der Waals surface area contributed by atoms with E-state index in [1.54, 1.807) is 11.3 Å². The maximum Gasteiger partial charge on any atom is 0.490 e. The molecule has 0 aromatic carbocycles. The van der Waals surface area contributed by atoms with Crippen LogP contribution in [0.15, 0.2) is 28.1 Å². The molecule has 0 atom stereocenters. The first-order chi connectivity index (χ1) is 17.1. The summed E-state index contributed by atoms with van der Waals surface area (Å²) in [6.45, 7) is 8.90. The number of nitrogens with zero attached hydrogens (tertiary/aromatic N) is 3. The minimum Gasteiger partial charge on any atom is -0.475 e. The first kappa shape index (κ1) is 30.6. The third-order valence-corrected chi connectivity index (χ3v) is 6.70. The third-order valence-electron chi connectivity index (χ3n) is 5.94. The van der Waals surface area contributed by atoms with Crippen LogP contribution in [0.4, 0.5) is 26.3 Å². The van der Waals surface area contributed by atoms with Crippen molar-refractivity contribution in [1.82, 2.24) is 14.8 Å². The second kappa shape index (κ2) is 12.7. The molecule has 0 aliphatic carbocycles. The van der Waals surface area contributed by atoms with Crippen molar-refractivity contribution in [2.45, 2.75) is 51.6 Å². The Morgan fingerprint density at radius 1 is 0.973 bits per heavy atom. The summed E-state index contributed by atoms with van der Waals surface area (Å²) in [5.74, 6) is -3.38. The van der Waals surface area contributed by atoms with E-state index in [9.17, 15) is 26.3 Å². The molecule has 2 aromatic rings. The van der Waals surface area contributed by atoms with Crippen LogP contribution in [0.1, 0.15) is 35.8 Å². The number of aromatic nitrogens is 1. The fourth-order valence-corrected chi connectivity index (χ4v) is 4.73.